The molecule has 3 atom stereocenters. The number of carbonyl (C=O) groups excluding carboxylic acids is 1. The molecule has 0 radical (unpaired) electrons. The Balaban J connectivity index is 1.66. The van der Waals surface area contributed by atoms with Crippen molar-refractivity contribution in [1.82, 2.24) is 19.6 Å². The summed E-state index contributed by atoms with van der Waals surface area (Å²) in [6, 6.07) is 16.0. The summed E-state index contributed by atoms with van der Waals surface area (Å²) in [5.41, 5.74) is 0.107. The Hall–Kier alpha value is -2.77. The molecule has 3 heterocycles. The van der Waals surface area contributed by atoms with Crippen molar-refractivity contribution in [2.24, 2.45) is 0 Å². The zero-order chi connectivity index (χ0) is 23.9. The van der Waals surface area contributed by atoms with E-state index in [2.05, 4.69) is 4.90 Å². The second-order valence-corrected chi connectivity index (χ2v) is 9.50. The van der Waals surface area contributed by atoms with Crippen LogP contribution in [0.25, 0.3) is 10.9 Å². The number of para-hydroxylation sites is 1. The van der Waals surface area contributed by atoms with Gasteiger partial charge in [0.2, 0.25) is 0 Å². The van der Waals surface area contributed by atoms with E-state index in [1.54, 1.807) is 21.8 Å². The van der Waals surface area contributed by atoms with Gasteiger partial charge in [-0.05, 0) is 49.6 Å². The van der Waals surface area contributed by atoms with Gasteiger partial charge in [-0.25, -0.2) is 9.18 Å². The van der Waals surface area contributed by atoms with Gasteiger partial charge in [-0.3, -0.25) is 9.84 Å². The first-order valence-electron chi connectivity index (χ1n) is 12.0. The fraction of sp³-hybridized carbons (Fsp3) is 0.423. The van der Waals surface area contributed by atoms with Crippen molar-refractivity contribution in [2.75, 3.05) is 19.6 Å². The van der Waals surface area contributed by atoms with E-state index in [0.717, 1.165) is 48.8 Å². The number of nitrogens with zero attached hydrogens (tertiary/aromatic N) is 4. The predicted octanol–water partition coefficient (Wildman–Crippen LogP) is 5.43. The van der Waals surface area contributed by atoms with Crippen LogP contribution in [0.5, 0.6) is 0 Å². The molecule has 1 aromatic heterocycles. The monoisotopic (exact) mass is 484 g/mol. The lowest BCUT2D eigenvalue weighted by Crippen LogP contribution is -2.67. The number of likely N-dealkylation sites (N-methyl/N-ethyl adjacent to an activating group) is 1. The fourth-order valence-corrected chi connectivity index (χ4v) is 6.13. The minimum absolute atomic E-state index is 0.254. The quantitative estimate of drug-likeness (QED) is 0.346. The number of piperidine rings is 1. The van der Waals surface area contributed by atoms with Gasteiger partial charge in [0.25, 0.3) is 0 Å². The van der Waals surface area contributed by atoms with Gasteiger partial charge in [0.05, 0.1) is 5.52 Å². The highest BCUT2D eigenvalue weighted by Crippen LogP contribution is 2.48. The number of urea groups is 1. The summed E-state index contributed by atoms with van der Waals surface area (Å²) < 4.78 is 15.4. The average Bonchev–Trinajstić information content (AvgIpc) is 3.36. The Morgan fingerprint density at radius 3 is 2.50 bits per heavy atom. The Labute approximate surface area is 204 Å². The van der Waals surface area contributed by atoms with E-state index in [0.29, 0.717) is 6.54 Å². The van der Waals surface area contributed by atoms with E-state index >= 15 is 0 Å². The highest BCUT2D eigenvalue weighted by atomic mass is 35.5. The molecule has 3 unspecified atom stereocenters. The summed E-state index contributed by atoms with van der Waals surface area (Å²) in [5, 5.41) is 2.49. The van der Waals surface area contributed by atoms with Crippen molar-refractivity contribution < 1.29 is 14.1 Å². The van der Waals surface area contributed by atoms with E-state index in [1.165, 1.54) is 17.2 Å². The standard InChI is InChI=1S/C26H30ClFN4O2/c1-3-30-24(27)26(29-16-7-4-8-17-29,19(2)20-11-13-22(28)14-12-20)32(25(30)33)34-31-18-15-21-9-5-6-10-23(21)31/h5-6,9-15,18-19,24H,3-4,7-8,16-17H2,1-2H3. The normalized spacial score (nSPS) is 24.7. The third kappa shape index (κ3) is 3.53. The number of rotatable bonds is 6. The molecule has 2 amide bonds. The molecule has 0 N–H and O–H groups in total. The highest BCUT2D eigenvalue weighted by molar-refractivity contribution is 6.23. The molecule has 0 saturated carbocycles. The number of halogens is 2. The maximum atomic E-state index is 13.8. The van der Waals surface area contributed by atoms with Crippen LogP contribution in [0.2, 0.25) is 0 Å². The van der Waals surface area contributed by atoms with Gasteiger partial charge >= 0.3 is 6.03 Å². The number of benzene rings is 2. The topological polar surface area (TPSA) is 41.0 Å². The van der Waals surface area contributed by atoms with E-state index in [-0.39, 0.29) is 17.8 Å². The van der Waals surface area contributed by atoms with Crippen molar-refractivity contribution in [3.8, 4) is 0 Å². The Bertz CT molecular complexity index is 1160. The number of carbonyl (C=O) groups is 1. The summed E-state index contributed by atoms with van der Waals surface area (Å²) in [6.07, 6.45) is 4.99. The van der Waals surface area contributed by atoms with E-state index in [4.69, 9.17) is 16.5 Å². The predicted molar refractivity (Wildman–Crippen MR) is 131 cm³/mol. The molecule has 3 aromatic rings. The lowest BCUT2D eigenvalue weighted by Gasteiger charge is -2.50. The molecule has 0 spiro atoms. The van der Waals surface area contributed by atoms with Gasteiger partial charge in [0.1, 0.15) is 11.3 Å². The van der Waals surface area contributed by atoms with Crippen LogP contribution >= 0.6 is 11.6 Å². The van der Waals surface area contributed by atoms with Crippen LogP contribution in [0.15, 0.2) is 60.8 Å². The van der Waals surface area contributed by atoms with Crippen molar-refractivity contribution in [2.45, 2.75) is 50.2 Å². The molecule has 8 heteroatoms. The van der Waals surface area contributed by atoms with E-state index in [9.17, 15) is 9.18 Å². The molecule has 2 saturated heterocycles. The molecule has 0 aliphatic carbocycles. The van der Waals surface area contributed by atoms with Gasteiger partial charge in [-0.1, -0.05) is 55.3 Å². The van der Waals surface area contributed by atoms with Crippen LogP contribution in [0, 0.1) is 5.82 Å². The highest BCUT2D eigenvalue weighted by Gasteiger charge is 2.65. The largest absolute Gasteiger partial charge is 0.358 e. The smallest absolute Gasteiger partial charge is 0.302 e. The second-order valence-electron chi connectivity index (χ2n) is 9.08. The summed E-state index contributed by atoms with van der Waals surface area (Å²) in [6.45, 7) is 6.02. The zero-order valence-electron chi connectivity index (χ0n) is 19.5. The number of hydroxylamine groups is 2. The minimum Gasteiger partial charge on any atom is -0.302 e. The first kappa shape index (κ1) is 23.0. The van der Waals surface area contributed by atoms with Crippen LogP contribution < -0.4 is 4.94 Å². The Morgan fingerprint density at radius 2 is 1.79 bits per heavy atom. The number of aromatic nitrogens is 1. The molecule has 2 aromatic carbocycles. The summed E-state index contributed by atoms with van der Waals surface area (Å²) in [5.74, 6) is -0.550. The Morgan fingerprint density at radius 1 is 1.09 bits per heavy atom. The van der Waals surface area contributed by atoms with Gasteiger partial charge < -0.3 is 4.90 Å². The minimum atomic E-state index is -0.988. The summed E-state index contributed by atoms with van der Waals surface area (Å²) in [7, 11) is 0. The van der Waals surface area contributed by atoms with Crippen LogP contribution in [-0.2, 0) is 0 Å². The molecule has 2 aliphatic heterocycles. The number of likely N-dealkylation sites (tertiary alicyclic amines) is 1. The molecule has 0 bridgehead atoms. The number of fused-ring (bicyclic) bond motifs is 1. The molecule has 6 nitrogen and oxygen atoms in total. The molecule has 2 aliphatic rings. The van der Waals surface area contributed by atoms with Gasteiger partial charge in [0.15, 0.2) is 5.66 Å². The molecule has 2 fully saturated rings. The number of amides is 2. The maximum Gasteiger partial charge on any atom is 0.358 e. The van der Waals surface area contributed by atoms with Gasteiger partial charge in [0, 0.05) is 37.1 Å². The molecular formula is C26H30ClFN4O2. The third-order valence-electron chi connectivity index (χ3n) is 7.31. The van der Waals surface area contributed by atoms with Crippen molar-refractivity contribution in [1.29, 1.82) is 0 Å². The first-order valence-corrected chi connectivity index (χ1v) is 12.4. The van der Waals surface area contributed by atoms with Gasteiger partial charge in [-0.15, -0.1) is 5.06 Å². The van der Waals surface area contributed by atoms with Crippen LogP contribution in [0.1, 0.15) is 44.6 Å². The first-order chi connectivity index (χ1) is 16.5. The van der Waals surface area contributed by atoms with E-state index in [1.807, 2.05) is 50.4 Å². The lowest BCUT2D eigenvalue weighted by molar-refractivity contribution is -0.222. The summed E-state index contributed by atoms with van der Waals surface area (Å²) in [4.78, 5) is 24.2. The van der Waals surface area contributed by atoms with Crippen molar-refractivity contribution >= 4 is 28.5 Å². The number of hydrogen-bond acceptors (Lipinski definition) is 3. The molecule has 5 rings (SSSR count). The van der Waals surface area contributed by atoms with Crippen molar-refractivity contribution in [3.63, 3.8) is 0 Å². The van der Waals surface area contributed by atoms with Crippen molar-refractivity contribution in [3.05, 3.63) is 72.2 Å². The second kappa shape index (κ2) is 9.12. The number of hydrogen-bond donors (Lipinski definition) is 0. The lowest BCUT2D eigenvalue weighted by atomic mass is 9.84. The van der Waals surface area contributed by atoms with Crippen LogP contribution in [0.3, 0.4) is 0 Å². The average molecular weight is 485 g/mol. The Kier molecular flexibility index (Phi) is 6.16. The summed E-state index contributed by atoms with van der Waals surface area (Å²) >= 11 is 7.22. The third-order valence-corrected chi connectivity index (χ3v) is 7.87. The fourth-order valence-electron chi connectivity index (χ4n) is 5.49. The maximum absolute atomic E-state index is 13.8. The number of alkyl halides is 1. The van der Waals surface area contributed by atoms with Crippen LogP contribution in [0.4, 0.5) is 9.18 Å². The van der Waals surface area contributed by atoms with Gasteiger partial charge in [-0.2, -0.15) is 4.73 Å². The SMILES string of the molecule is CCN1C(=O)N(On2ccc3ccccc32)C(C(C)c2ccc(F)cc2)(N2CCCCC2)C1Cl. The van der Waals surface area contributed by atoms with Crippen LogP contribution in [-0.4, -0.2) is 56.4 Å². The molecule has 180 valence electrons. The molecular weight excluding hydrogens is 455 g/mol. The van der Waals surface area contributed by atoms with E-state index < -0.39 is 11.2 Å². The zero-order valence-corrected chi connectivity index (χ0v) is 20.3. The molecule has 34 heavy (non-hydrogen) atoms.